The zero-order chi connectivity index (χ0) is 22.9. The van der Waals surface area contributed by atoms with Gasteiger partial charge in [0.25, 0.3) is 0 Å². The molecule has 0 saturated carbocycles. The molecule has 0 radical (unpaired) electrons. The Labute approximate surface area is 190 Å². The molecular weight excluding hydrogens is 444 g/mol. The lowest BCUT2D eigenvalue weighted by molar-refractivity contribution is -0.117. The number of hydrogen-bond acceptors (Lipinski definition) is 6. The van der Waals surface area contributed by atoms with E-state index in [0.717, 1.165) is 27.7 Å². The standard InChI is InChI=1S/C24H22N2O4S2/c1-4-11-26(23(27)13-18-14-30-22-12-16(2)5-10-20(18)22)24-25-21(15-31-24)17-6-8-19(9-7-17)32(3,28)29/h4-10,12,14-15H,1,11,13H2,2-3H3. The fraction of sp³-hybridized carbons (Fsp3) is 0.167. The Morgan fingerprint density at radius 1 is 1.22 bits per heavy atom. The van der Waals surface area contributed by atoms with Gasteiger partial charge in [-0.3, -0.25) is 9.69 Å². The van der Waals surface area contributed by atoms with Crippen LogP contribution in [0.2, 0.25) is 0 Å². The highest BCUT2D eigenvalue weighted by Gasteiger charge is 2.21. The molecule has 2 aromatic heterocycles. The SMILES string of the molecule is C=CCN(C(=O)Cc1coc2cc(C)ccc12)c1nc(-c2ccc(S(C)(=O)=O)cc2)cs1. The van der Waals surface area contributed by atoms with Crippen molar-refractivity contribution in [1.82, 2.24) is 4.98 Å². The summed E-state index contributed by atoms with van der Waals surface area (Å²) >= 11 is 1.35. The Bertz CT molecular complexity index is 1400. The monoisotopic (exact) mass is 466 g/mol. The van der Waals surface area contributed by atoms with Gasteiger partial charge in [0, 0.05) is 34.7 Å². The van der Waals surface area contributed by atoms with Crippen LogP contribution in [-0.2, 0) is 21.1 Å². The lowest BCUT2D eigenvalue weighted by Gasteiger charge is -2.17. The van der Waals surface area contributed by atoms with Crippen molar-refractivity contribution >= 4 is 43.2 Å². The van der Waals surface area contributed by atoms with E-state index in [-0.39, 0.29) is 17.2 Å². The van der Waals surface area contributed by atoms with Crippen LogP contribution < -0.4 is 4.90 Å². The first-order chi connectivity index (χ1) is 15.3. The maximum Gasteiger partial charge on any atom is 0.233 e. The minimum absolute atomic E-state index is 0.110. The number of rotatable bonds is 7. The number of aryl methyl sites for hydroxylation is 1. The van der Waals surface area contributed by atoms with Crippen LogP contribution in [0.5, 0.6) is 0 Å². The third-order valence-corrected chi connectivity index (χ3v) is 7.06. The summed E-state index contributed by atoms with van der Waals surface area (Å²) in [6.45, 7) is 6.09. The van der Waals surface area contributed by atoms with Crippen LogP contribution in [0.4, 0.5) is 5.13 Å². The Morgan fingerprint density at radius 3 is 2.66 bits per heavy atom. The lowest BCUT2D eigenvalue weighted by Crippen LogP contribution is -2.32. The number of benzene rings is 2. The van der Waals surface area contributed by atoms with Gasteiger partial charge in [-0.25, -0.2) is 13.4 Å². The molecule has 0 spiro atoms. The van der Waals surface area contributed by atoms with E-state index < -0.39 is 9.84 Å². The van der Waals surface area contributed by atoms with E-state index in [2.05, 4.69) is 11.6 Å². The maximum absolute atomic E-state index is 13.1. The van der Waals surface area contributed by atoms with Gasteiger partial charge < -0.3 is 4.42 Å². The summed E-state index contributed by atoms with van der Waals surface area (Å²) in [4.78, 5) is 19.6. The first-order valence-corrected chi connectivity index (χ1v) is 12.7. The number of thiazole rings is 1. The van der Waals surface area contributed by atoms with E-state index in [9.17, 15) is 13.2 Å². The highest BCUT2D eigenvalue weighted by atomic mass is 32.2. The van der Waals surface area contributed by atoms with Crippen molar-refractivity contribution in [2.45, 2.75) is 18.2 Å². The number of aromatic nitrogens is 1. The van der Waals surface area contributed by atoms with Gasteiger partial charge in [-0.05, 0) is 30.7 Å². The summed E-state index contributed by atoms with van der Waals surface area (Å²) < 4.78 is 29.0. The second-order valence-electron chi connectivity index (χ2n) is 7.54. The number of amides is 1. The molecule has 4 rings (SSSR count). The fourth-order valence-corrected chi connectivity index (χ4v) is 4.89. The average molecular weight is 467 g/mol. The molecule has 6 nitrogen and oxygen atoms in total. The second-order valence-corrected chi connectivity index (χ2v) is 10.4. The Hall–Kier alpha value is -3.23. The number of anilines is 1. The van der Waals surface area contributed by atoms with E-state index in [1.165, 1.54) is 17.6 Å². The second kappa shape index (κ2) is 8.72. The smallest absolute Gasteiger partial charge is 0.233 e. The molecule has 0 atom stereocenters. The Kier molecular flexibility index (Phi) is 5.99. The van der Waals surface area contributed by atoms with Gasteiger partial charge in [0.1, 0.15) is 5.58 Å². The van der Waals surface area contributed by atoms with E-state index >= 15 is 0 Å². The lowest BCUT2D eigenvalue weighted by atomic mass is 10.1. The van der Waals surface area contributed by atoms with Crippen molar-refractivity contribution in [2.75, 3.05) is 17.7 Å². The molecule has 0 aliphatic heterocycles. The van der Waals surface area contributed by atoms with Crippen LogP contribution in [0.25, 0.3) is 22.2 Å². The molecule has 8 heteroatoms. The number of hydrogen-bond donors (Lipinski definition) is 0. The van der Waals surface area contributed by atoms with Crippen LogP contribution in [0.15, 0.2) is 76.1 Å². The normalized spacial score (nSPS) is 11.6. The zero-order valence-electron chi connectivity index (χ0n) is 17.7. The minimum atomic E-state index is -3.26. The summed E-state index contributed by atoms with van der Waals surface area (Å²) in [5.41, 5.74) is 4.14. The highest BCUT2D eigenvalue weighted by Crippen LogP contribution is 2.29. The quantitative estimate of drug-likeness (QED) is 0.357. The van der Waals surface area contributed by atoms with Crippen LogP contribution >= 0.6 is 11.3 Å². The summed E-state index contributed by atoms with van der Waals surface area (Å²) in [5.74, 6) is -0.110. The van der Waals surface area contributed by atoms with Crippen LogP contribution in [-0.4, -0.2) is 32.1 Å². The summed E-state index contributed by atoms with van der Waals surface area (Å²) in [6.07, 6.45) is 4.65. The highest BCUT2D eigenvalue weighted by molar-refractivity contribution is 7.90. The van der Waals surface area contributed by atoms with Gasteiger partial charge in [-0.15, -0.1) is 17.9 Å². The molecule has 0 saturated heterocycles. The maximum atomic E-state index is 13.1. The van der Waals surface area contributed by atoms with Crippen molar-refractivity contribution in [3.63, 3.8) is 0 Å². The third kappa shape index (κ3) is 4.51. The molecule has 2 aromatic carbocycles. The predicted octanol–water partition coefficient (Wildman–Crippen LogP) is 5.03. The van der Waals surface area contributed by atoms with Crippen LogP contribution in [0.3, 0.4) is 0 Å². The molecule has 1 amide bonds. The topological polar surface area (TPSA) is 80.5 Å². The van der Waals surface area contributed by atoms with Gasteiger partial charge in [0.2, 0.25) is 5.91 Å². The molecule has 164 valence electrons. The van der Waals surface area contributed by atoms with Gasteiger partial charge in [0.15, 0.2) is 15.0 Å². The molecule has 2 heterocycles. The molecule has 0 aliphatic carbocycles. The first kappa shape index (κ1) is 22.0. The average Bonchev–Trinajstić information content (AvgIpc) is 3.39. The molecule has 0 fully saturated rings. The number of carbonyl (C=O) groups is 1. The minimum Gasteiger partial charge on any atom is -0.464 e. The van der Waals surface area contributed by atoms with E-state index in [1.807, 2.05) is 30.5 Å². The van der Waals surface area contributed by atoms with Gasteiger partial charge >= 0.3 is 0 Å². The Balaban J connectivity index is 1.58. The van der Waals surface area contributed by atoms with Crippen molar-refractivity contribution in [1.29, 1.82) is 0 Å². The summed E-state index contributed by atoms with van der Waals surface area (Å²) in [5, 5.41) is 3.33. The van der Waals surface area contributed by atoms with Crippen LogP contribution in [0.1, 0.15) is 11.1 Å². The molecule has 0 unspecified atom stereocenters. The summed E-state index contributed by atoms with van der Waals surface area (Å²) in [7, 11) is -3.26. The summed E-state index contributed by atoms with van der Waals surface area (Å²) in [6, 6.07) is 12.5. The number of carbonyl (C=O) groups excluding carboxylic acids is 1. The predicted molar refractivity (Wildman–Crippen MR) is 128 cm³/mol. The zero-order valence-corrected chi connectivity index (χ0v) is 19.4. The molecule has 4 aromatic rings. The first-order valence-electron chi connectivity index (χ1n) is 9.90. The number of nitrogens with zero attached hydrogens (tertiary/aromatic N) is 2. The Morgan fingerprint density at radius 2 is 1.97 bits per heavy atom. The van der Waals surface area contributed by atoms with Crippen molar-refractivity contribution in [2.24, 2.45) is 0 Å². The largest absolute Gasteiger partial charge is 0.464 e. The third-order valence-electron chi connectivity index (χ3n) is 5.07. The van der Waals surface area contributed by atoms with Crippen molar-refractivity contribution < 1.29 is 17.6 Å². The molecule has 0 N–H and O–H groups in total. The number of fused-ring (bicyclic) bond motifs is 1. The van der Waals surface area contributed by atoms with Gasteiger partial charge in [0.05, 0.1) is 23.3 Å². The van der Waals surface area contributed by atoms with Gasteiger partial charge in [-0.2, -0.15) is 0 Å². The van der Waals surface area contributed by atoms with E-state index in [0.29, 0.717) is 17.4 Å². The fourth-order valence-electron chi connectivity index (χ4n) is 3.40. The van der Waals surface area contributed by atoms with Crippen molar-refractivity contribution in [3.05, 3.63) is 77.9 Å². The molecule has 32 heavy (non-hydrogen) atoms. The van der Waals surface area contributed by atoms with E-state index in [1.54, 1.807) is 41.5 Å². The number of sulfone groups is 1. The van der Waals surface area contributed by atoms with E-state index in [4.69, 9.17) is 4.42 Å². The molecule has 0 bridgehead atoms. The van der Waals surface area contributed by atoms with Crippen LogP contribution in [0, 0.1) is 6.92 Å². The van der Waals surface area contributed by atoms with Crippen molar-refractivity contribution in [3.8, 4) is 11.3 Å². The van der Waals surface area contributed by atoms with Gasteiger partial charge in [-0.1, -0.05) is 30.3 Å². The molecular formula is C24H22N2O4S2. The number of furan rings is 1. The molecule has 0 aliphatic rings.